The predicted octanol–water partition coefficient (Wildman–Crippen LogP) is 14.2. The highest BCUT2D eigenvalue weighted by Gasteiger charge is 2.25. The Balaban J connectivity index is 5.43. The van der Waals surface area contributed by atoms with Crippen LogP contribution in [-0.4, -0.2) is 166 Å². The summed E-state index contributed by atoms with van der Waals surface area (Å²) in [6.45, 7) is 20.3. The lowest BCUT2D eigenvalue weighted by atomic mass is 10.0. The second-order valence-corrected chi connectivity index (χ2v) is 25.6. The van der Waals surface area contributed by atoms with Gasteiger partial charge in [-0.2, -0.15) is 0 Å². The molecule has 0 aliphatic heterocycles. The van der Waals surface area contributed by atoms with Gasteiger partial charge in [0, 0.05) is 64.2 Å². The maximum atomic E-state index is 14.0. The first-order valence-corrected chi connectivity index (χ1v) is 35.1. The smallest absolute Gasteiger partial charge is 0.244 e. The highest BCUT2D eigenvalue weighted by Crippen LogP contribution is 2.25. The van der Waals surface area contributed by atoms with Crippen molar-refractivity contribution in [1.82, 2.24) is 24.9 Å². The van der Waals surface area contributed by atoms with Crippen molar-refractivity contribution in [1.29, 1.82) is 0 Å². The number of carbonyl (C=O) groups excluding carboxylic acids is 2. The summed E-state index contributed by atoms with van der Waals surface area (Å²) in [4.78, 5) is 36.2. The molecule has 0 aliphatic carbocycles. The number of likely N-dealkylation sites (N-methyl/N-ethyl adjacent to an activating group) is 2. The molecule has 0 aromatic heterocycles. The average Bonchev–Trinajstić information content (AvgIpc) is 3.40. The van der Waals surface area contributed by atoms with E-state index in [1.54, 1.807) is 15.7 Å². The van der Waals surface area contributed by atoms with Crippen molar-refractivity contribution in [2.24, 2.45) is 0 Å². The van der Waals surface area contributed by atoms with E-state index in [2.05, 4.69) is 61.6 Å². The number of aliphatic hydroxyl groups excluding tert-OH is 4. The van der Waals surface area contributed by atoms with Gasteiger partial charge in [-0.25, -0.2) is 0 Å². The Morgan fingerprint density at radius 1 is 0.382 bits per heavy atom. The zero-order chi connectivity index (χ0) is 56.1. The second kappa shape index (κ2) is 56.2. The summed E-state index contributed by atoms with van der Waals surface area (Å²) in [5.41, 5.74) is 0. The molecule has 0 heterocycles. The van der Waals surface area contributed by atoms with E-state index in [0.29, 0.717) is 52.1 Å². The van der Waals surface area contributed by atoms with Crippen LogP contribution >= 0.6 is 21.6 Å². The molecule has 0 aromatic rings. The van der Waals surface area contributed by atoms with Gasteiger partial charge in [-0.05, 0) is 77.5 Å². The van der Waals surface area contributed by atoms with E-state index < -0.39 is 18.2 Å². The van der Waals surface area contributed by atoms with E-state index in [1.165, 1.54) is 141 Å². The van der Waals surface area contributed by atoms with Crippen LogP contribution in [0.4, 0.5) is 0 Å². The number of hydrogen-bond donors (Lipinski definition) is 5. The minimum absolute atomic E-state index is 0.0432. The van der Waals surface area contributed by atoms with Crippen molar-refractivity contribution in [3.05, 3.63) is 0 Å². The molecule has 2 amide bonds. The molecule has 13 heteroatoms. The van der Waals surface area contributed by atoms with E-state index in [1.807, 2.05) is 17.8 Å². The van der Waals surface area contributed by atoms with Crippen LogP contribution in [0.3, 0.4) is 0 Å². The van der Waals surface area contributed by atoms with Crippen LogP contribution in [0.15, 0.2) is 0 Å². The number of unbranched alkanes of at least 4 members (excludes halogenated alkanes) is 25. The fourth-order valence-electron chi connectivity index (χ4n) is 10.4. The number of hydrogen-bond acceptors (Lipinski definition) is 11. The Morgan fingerprint density at radius 3 is 1.09 bits per heavy atom. The zero-order valence-corrected chi connectivity index (χ0v) is 52.9. The molecule has 0 rings (SSSR count). The van der Waals surface area contributed by atoms with Gasteiger partial charge in [-0.3, -0.25) is 19.4 Å². The average molecular weight is 1120 g/mol. The molecule has 5 N–H and O–H groups in total. The van der Waals surface area contributed by atoms with Gasteiger partial charge in [-0.15, -0.1) is 0 Å². The predicted molar refractivity (Wildman–Crippen MR) is 333 cm³/mol. The lowest BCUT2D eigenvalue weighted by Gasteiger charge is -2.28. The van der Waals surface area contributed by atoms with Crippen LogP contribution in [-0.2, 0) is 9.59 Å². The van der Waals surface area contributed by atoms with Gasteiger partial charge in [0.1, 0.15) is 6.04 Å². The first-order chi connectivity index (χ1) is 36.9. The molecular formula is C63H129N5O6S2. The monoisotopic (exact) mass is 1120 g/mol. The molecule has 0 fully saturated rings. The van der Waals surface area contributed by atoms with Crippen molar-refractivity contribution in [3.8, 4) is 0 Å². The summed E-state index contributed by atoms with van der Waals surface area (Å²) in [5.74, 6) is 1.56. The van der Waals surface area contributed by atoms with Crippen molar-refractivity contribution in [2.75, 3.05) is 84.0 Å². The number of nitrogens with one attached hydrogen (secondary N) is 1. The second-order valence-electron chi connectivity index (χ2n) is 22.9. The van der Waals surface area contributed by atoms with Gasteiger partial charge in [0.2, 0.25) is 11.8 Å². The Hall–Kier alpha value is -0.640. The van der Waals surface area contributed by atoms with Gasteiger partial charge in [-0.1, -0.05) is 243 Å². The Morgan fingerprint density at radius 2 is 0.724 bits per heavy atom. The third kappa shape index (κ3) is 48.1. The van der Waals surface area contributed by atoms with Crippen LogP contribution in [0, 0.1) is 0 Å². The van der Waals surface area contributed by atoms with Crippen LogP contribution in [0.1, 0.15) is 279 Å². The first-order valence-electron chi connectivity index (χ1n) is 32.6. The van der Waals surface area contributed by atoms with Crippen LogP contribution in [0.5, 0.6) is 0 Å². The SMILES string of the molecule is CCCCCCCCCCC(O)CN(CCCC(=O)NC(CCSSCCCCN(CC(O)CCCCCCCC)CC(O)CCCCCCCC)C(=O)N(C)CCN(CC)CC)CC(O)CCCCCCCCCC. The summed E-state index contributed by atoms with van der Waals surface area (Å²) in [6, 6.07) is -0.598. The third-order valence-corrected chi connectivity index (χ3v) is 18.0. The quantitative estimate of drug-likeness (QED) is 0.0294. The standard InChI is InChI=1S/C63H129N5O6S2/c1-8-14-18-22-26-28-32-36-43-59(71)55-68(56-60(72)44-37-33-29-27-23-19-15-9-2)48-40-45-62(73)64-61(63(74)65(7)49-50-66(12-5)13-6)46-52-76-75-51-39-38-47-67(53-57(69)41-34-30-24-20-16-10-3)54-58(70)42-35-31-25-21-17-11-4/h57-61,69-72H,8-56H2,1-7H3,(H,64,73). The van der Waals surface area contributed by atoms with Gasteiger partial charge in [0.05, 0.1) is 24.4 Å². The van der Waals surface area contributed by atoms with E-state index >= 15 is 0 Å². The van der Waals surface area contributed by atoms with E-state index in [9.17, 15) is 30.0 Å². The first kappa shape index (κ1) is 75.4. The van der Waals surface area contributed by atoms with Crippen LogP contribution in [0.25, 0.3) is 0 Å². The normalized spacial score (nSPS) is 14.0. The molecule has 0 bridgehead atoms. The maximum absolute atomic E-state index is 14.0. The number of amides is 2. The van der Waals surface area contributed by atoms with Crippen molar-refractivity contribution < 1.29 is 30.0 Å². The topological polar surface area (TPSA) is 140 Å². The number of carbonyl (C=O) groups is 2. The summed E-state index contributed by atoms with van der Waals surface area (Å²) >= 11 is 0. The molecule has 0 radical (unpaired) electrons. The summed E-state index contributed by atoms with van der Waals surface area (Å²) < 4.78 is 0. The Bertz CT molecular complexity index is 1190. The van der Waals surface area contributed by atoms with E-state index in [0.717, 1.165) is 115 Å². The van der Waals surface area contributed by atoms with Gasteiger partial charge in [0.15, 0.2) is 0 Å². The fourth-order valence-corrected chi connectivity index (χ4v) is 12.6. The Labute approximate surface area is 479 Å². The number of aliphatic hydroxyl groups is 4. The highest BCUT2D eigenvalue weighted by molar-refractivity contribution is 8.76. The third-order valence-electron chi connectivity index (χ3n) is 15.5. The molecule has 0 spiro atoms. The molecule has 0 aliphatic rings. The van der Waals surface area contributed by atoms with Crippen LogP contribution < -0.4 is 5.32 Å². The minimum atomic E-state index is -0.598. The van der Waals surface area contributed by atoms with E-state index in [-0.39, 0.29) is 30.4 Å². The molecular weight excluding hydrogens is 987 g/mol. The summed E-state index contributed by atoms with van der Waals surface area (Å²) in [7, 11) is 5.45. The molecule has 76 heavy (non-hydrogen) atoms. The van der Waals surface area contributed by atoms with Gasteiger partial charge >= 0.3 is 0 Å². The summed E-state index contributed by atoms with van der Waals surface area (Å²) in [6.07, 6.45) is 39.3. The van der Waals surface area contributed by atoms with Crippen molar-refractivity contribution in [2.45, 2.75) is 310 Å². The fraction of sp³-hybridized carbons (Fsp3) is 0.968. The summed E-state index contributed by atoms with van der Waals surface area (Å²) in [5, 5.41) is 47.5. The molecule has 0 saturated heterocycles. The van der Waals surface area contributed by atoms with Gasteiger partial charge in [0.25, 0.3) is 0 Å². The van der Waals surface area contributed by atoms with Gasteiger partial charge < -0.3 is 35.5 Å². The lowest BCUT2D eigenvalue weighted by Crippen LogP contribution is -2.49. The minimum Gasteiger partial charge on any atom is -0.392 e. The zero-order valence-electron chi connectivity index (χ0n) is 51.2. The molecule has 5 atom stereocenters. The molecule has 0 aromatic carbocycles. The highest BCUT2D eigenvalue weighted by atomic mass is 33.1. The maximum Gasteiger partial charge on any atom is 0.244 e. The van der Waals surface area contributed by atoms with Crippen LogP contribution in [0.2, 0.25) is 0 Å². The molecule has 5 unspecified atom stereocenters. The molecule has 11 nitrogen and oxygen atoms in total. The number of nitrogens with zero attached hydrogens (tertiary/aromatic N) is 4. The molecule has 454 valence electrons. The number of rotatable bonds is 60. The van der Waals surface area contributed by atoms with Crippen molar-refractivity contribution in [3.63, 3.8) is 0 Å². The Kier molecular flexibility index (Phi) is 55.8. The van der Waals surface area contributed by atoms with E-state index in [4.69, 9.17) is 0 Å². The lowest BCUT2D eigenvalue weighted by molar-refractivity contribution is -0.135. The largest absolute Gasteiger partial charge is 0.392 e. The van der Waals surface area contributed by atoms with Crippen molar-refractivity contribution >= 4 is 33.4 Å². The molecule has 0 saturated carbocycles.